The molecule has 3 amide bonds. The number of benzene rings is 1. The summed E-state index contributed by atoms with van der Waals surface area (Å²) in [5, 5.41) is 8.67. The predicted molar refractivity (Wildman–Crippen MR) is 97.6 cm³/mol. The Morgan fingerprint density at radius 2 is 1.92 bits per heavy atom. The maximum absolute atomic E-state index is 12.2. The average molecular weight is 366 g/mol. The quantitative estimate of drug-likeness (QED) is 0.661. The monoisotopic (exact) mass is 365 g/mol. The molecule has 0 radical (unpaired) electrons. The van der Waals surface area contributed by atoms with Crippen molar-refractivity contribution in [3.63, 3.8) is 0 Å². The van der Waals surface area contributed by atoms with Crippen LogP contribution in [0.1, 0.15) is 43.5 Å². The lowest BCUT2D eigenvalue weighted by molar-refractivity contribution is -0.122. The zero-order valence-corrected chi connectivity index (χ0v) is 15.3. The third-order valence-electron chi connectivity index (χ3n) is 4.13. The number of amides is 3. The molecule has 1 fully saturated rings. The molecule has 1 saturated carbocycles. The van der Waals surface area contributed by atoms with E-state index in [0.717, 1.165) is 12.8 Å². The molecule has 2 rings (SSSR count). The Labute approximate surface area is 152 Å². The van der Waals surface area contributed by atoms with Crippen molar-refractivity contribution in [2.45, 2.75) is 33.1 Å². The highest BCUT2D eigenvalue weighted by atomic mass is 35.5. The highest BCUT2D eigenvalue weighted by Gasteiger charge is 2.38. The van der Waals surface area contributed by atoms with Gasteiger partial charge in [-0.05, 0) is 37.0 Å². The number of nitrogens with one attached hydrogen (secondary N) is 3. The van der Waals surface area contributed by atoms with Crippen LogP contribution in [0.5, 0.6) is 0 Å². The number of hydrogen-bond acceptors (Lipinski definition) is 3. The van der Waals surface area contributed by atoms with E-state index in [9.17, 15) is 14.4 Å². The normalized spacial score (nSPS) is 18.4. The Hall–Kier alpha value is -2.08. The highest BCUT2D eigenvalue weighted by Crippen LogP contribution is 2.37. The molecule has 7 heteroatoms. The second kappa shape index (κ2) is 8.85. The number of halogens is 1. The van der Waals surface area contributed by atoms with Gasteiger partial charge in [-0.25, -0.2) is 0 Å². The van der Waals surface area contributed by atoms with Gasteiger partial charge in [0.1, 0.15) is 0 Å². The van der Waals surface area contributed by atoms with Crippen molar-refractivity contribution in [3.05, 3.63) is 28.8 Å². The van der Waals surface area contributed by atoms with Crippen molar-refractivity contribution in [3.8, 4) is 0 Å². The Bertz CT molecular complexity index is 663. The minimum Gasteiger partial charge on any atom is -0.355 e. The van der Waals surface area contributed by atoms with Gasteiger partial charge in [0.15, 0.2) is 0 Å². The molecular weight excluding hydrogens is 342 g/mol. The molecule has 0 saturated heterocycles. The first-order chi connectivity index (χ1) is 11.9. The van der Waals surface area contributed by atoms with E-state index in [1.54, 1.807) is 18.2 Å². The molecule has 0 unspecified atom stereocenters. The van der Waals surface area contributed by atoms with Crippen molar-refractivity contribution in [2.75, 3.05) is 18.4 Å². The van der Waals surface area contributed by atoms with Crippen LogP contribution in [0.2, 0.25) is 5.02 Å². The summed E-state index contributed by atoms with van der Waals surface area (Å²) in [4.78, 5) is 36.0. The Morgan fingerprint density at radius 3 is 2.56 bits per heavy atom. The van der Waals surface area contributed by atoms with Crippen molar-refractivity contribution in [1.82, 2.24) is 10.6 Å². The van der Waals surface area contributed by atoms with Crippen LogP contribution in [0.15, 0.2) is 18.2 Å². The molecule has 0 spiro atoms. The van der Waals surface area contributed by atoms with Gasteiger partial charge in [0.05, 0.1) is 11.3 Å². The molecule has 0 aromatic heterocycles. The van der Waals surface area contributed by atoms with Gasteiger partial charge < -0.3 is 16.0 Å². The molecule has 25 heavy (non-hydrogen) atoms. The Kier molecular flexibility index (Phi) is 6.82. The minimum atomic E-state index is -0.282. The van der Waals surface area contributed by atoms with E-state index in [1.165, 1.54) is 0 Å². The van der Waals surface area contributed by atoms with E-state index < -0.39 is 0 Å². The molecule has 0 heterocycles. The van der Waals surface area contributed by atoms with Crippen molar-refractivity contribution >= 4 is 35.0 Å². The summed E-state index contributed by atoms with van der Waals surface area (Å²) in [6.45, 7) is 4.81. The SMILES string of the molecule is CCCNC(=O)c1ccc(Cl)cc1NC(=O)CCNC(=O)[C@H]1C[C@@H]1C. The summed E-state index contributed by atoms with van der Waals surface area (Å²) in [6.07, 6.45) is 1.87. The Morgan fingerprint density at radius 1 is 1.20 bits per heavy atom. The van der Waals surface area contributed by atoms with Gasteiger partial charge >= 0.3 is 0 Å². The van der Waals surface area contributed by atoms with Crippen molar-refractivity contribution in [1.29, 1.82) is 0 Å². The fourth-order valence-corrected chi connectivity index (χ4v) is 2.65. The minimum absolute atomic E-state index is 0.00249. The zero-order chi connectivity index (χ0) is 18.4. The van der Waals surface area contributed by atoms with E-state index in [1.807, 2.05) is 13.8 Å². The topological polar surface area (TPSA) is 87.3 Å². The molecule has 0 bridgehead atoms. The van der Waals surface area contributed by atoms with E-state index in [4.69, 9.17) is 11.6 Å². The van der Waals surface area contributed by atoms with Gasteiger partial charge in [0, 0.05) is 30.5 Å². The summed E-state index contributed by atoms with van der Waals surface area (Å²) in [7, 11) is 0. The van der Waals surface area contributed by atoms with E-state index in [2.05, 4.69) is 16.0 Å². The third-order valence-corrected chi connectivity index (χ3v) is 4.37. The summed E-state index contributed by atoms with van der Waals surface area (Å²) in [6, 6.07) is 4.74. The second-order valence-corrected chi connectivity index (χ2v) is 6.79. The lowest BCUT2D eigenvalue weighted by Crippen LogP contribution is -2.30. The van der Waals surface area contributed by atoms with E-state index in [0.29, 0.717) is 28.7 Å². The second-order valence-electron chi connectivity index (χ2n) is 6.35. The smallest absolute Gasteiger partial charge is 0.253 e. The van der Waals surface area contributed by atoms with Gasteiger partial charge in [-0.15, -0.1) is 0 Å². The molecule has 136 valence electrons. The van der Waals surface area contributed by atoms with Gasteiger partial charge in [0.2, 0.25) is 11.8 Å². The summed E-state index contributed by atoms with van der Waals surface area (Å²) < 4.78 is 0. The molecule has 6 nitrogen and oxygen atoms in total. The van der Waals surface area contributed by atoms with Gasteiger partial charge in [-0.3, -0.25) is 14.4 Å². The fraction of sp³-hybridized carbons (Fsp3) is 0.500. The summed E-state index contributed by atoms with van der Waals surface area (Å²) >= 11 is 5.97. The van der Waals surface area contributed by atoms with Crippen LogP contribution in [0.3, 0.4) is 0 Å². The highest BCUT2D eigenvalue weighted by molar-refractivity contribution is 6.31. The first kappa shape index (κ1) is 19.2. The molecule has 1 aromatic carbocycles. The molecule has 3 N–H and O–H groups in total. The molecule has 2 atom stereocenters. The van der Waals surface area contributed by atoms with Gasteiger partial charge in [0.25, 0.3) is 5.91 Å². The van der Waals surface area contributed by atoms with Crippen LogP contribution in [-0.4, -0.2) is 30.8 Å². The van der Waals surface area contributed by atoms with E-state index in [-0.39, 0.29) is 36.6 Å². The number of carbonyl (C=O) groups excluding carboxylic acids is 3. The maximum Gasteiger partial charge on any atom is 0.253 e. The van der Waals surface area contributed by atoms with Crippen LogP contribution < -0.4 is 16.0 Å². The zero-order valence-electron chi connectivity index (χ0n) is 14.5. The number of hydrogen-bond donors (Lipinski definition) is 3. The Balaban J connectivity index is 1.89. The third kappa shape index (κ3) is 5.74. The largest absolute Gasteiger partial charge is 0.355 e. The summed E-state index contributed by atoms with van der Waals surface area (Å²) in [5.41, 5.74) is 0.732. The number of anilines is 1. The van der Waals surface area contributed by atoms with Crippen LogP contribution in [-0.2, 0) is 9.59 Å². The number of rotatable bonds is 8. The van der Waals surface area contributed by atoms with Crippen molar-refractivity contribution in [2.24, 2.45) is 11.8 Å². The average Bonchev–Trinajstić information content (AvgIpc) is 3.29. The fourth-order valence-electron chi connectivity index (χ4n) is 2.48. The molecule has 1 aliphatic carbocycles. The van der Waals surface area contributed by atoms with Crippen molar-refractivity contribution < 1.29 is 14.4 Å². The molecular formula is C18H24ClN3O3. The molecule has 0 aliphatic heterocycles. The van der Waals surface area contributed by atoms with Crippen LogP contribution in [0, 0.1) is 11.8 Å². The van der Waals surface area contributed by atoms with Gasteiger partial charge in [-0.2, -0.15) is 0 Å². The van der Waals surface area contributed by atoms with Crippen LogP contribution in [0.25, 0.3) is 0 Å². The standard InChI is InChI=1S/C18H24ClN3O3/c1-3-7-20-17(24)13-5-4-12(19)10-15(13)22-16(23)6-8-21-18(25)14-9-11(14)2/h4-5,10-11,14H,3,6-9H2,1-2H3,(H,20,24)(H,21,25)(H,22,23)/t11-,14-/m0/s1. The van der Waals surface area contributed by atoms with Gasteiger partial charge in [-0.1, -0.05) is 25.4 Å². The summed E-state index contributed by atoms with van der Waals surface area (Å²) in [5.74, 6) is -0.0159. The number of carbonyl (C=O) groups is 3. The maximum atomic E-state index is 12.2. The molecule has 1 aromatic rings. The van der Waals surface area contributed by atoms with Crippen LogP contribution in [0.4, 0.5) is 5.69 Å². The first-order valence-corrected chi connectivity index (χ1v) is 8.95. The van der Waals surface area contributed by atoms with E-state index >= 15 is 0 Å². The predicted octanol–water partition coefficient (Wildman–Crippen LogP) is 2.58. The first-order valence-electron chi connectivity index (χ1n) is 8.57. The lowest BCUT2D eigenvalue weighted by Gasteiger charge is -2.12. The lowest BCUT2D eigenvalue weighted by atomic mass is 10.1. The van der Waals surface area contributed by atoms with Crippen LogP contribution >= 0.6 is 11.6 Å². The molecule has 1 aliphatic rings.